The van der Waals surface area contributed by atoms with E-state index in [0.717, 1.165) is 16.7 Å². The first kappa shape index (κ1) is 30.8. The third-order valence-corrected chi connectivity index (χ3v) is 7.35. The summed E-state index contributed by atoms with van der Waals surface area (Å²) in [5.74, 6) is -1.06. The van der Waals surface area contributed by atoms with Crippen molar-refractivity contribution in [2.45, 2.75) is 83.0 Å². The fraction of sp³-hybridized carbons (Fsp3) is 0.412. The molecule has 9 nitrogen and oxygen atoms in total. The highest BCUT2D eigenvalue weighted by atomic mass is 16.7. The van der Waals surface area contributed by atoms with Crippen LogP contribution in [-0.2, 0) is 62.6 Å². The van der Waals surface area contributed by atoms with Crippen molar-refractivity contribution in [1.29, 1.82) is 0 Å². The highest BCUT2D eigenvalue weighted by Gasteiger charge is 2.54. The van der Waals surface area contributed by atoms with Gasteiger partial charge in [0, 0.05) is 20.3 Å². The van der Waals surface area contributed by atoms with Crippen molar-refractivity contribution in [3.63, 3.8) is 0 Å². The Balaban J connectivity index is 1.42. The first-order valence-electron chi connectivity index (χ1n) is 14.5. The van der Waals surface area contributed by atoms with Crippen LogP contribution in [0.1, 0.15) is 37.0 Å². The Labute approximate surface area is 251 Å². The van der Waals surface area contributed by atoms with Crippen LogP contribution >= 0.6 is 0 Å². The number of carbonyl (C=O) groups is 2. The summed E-state index contributed by atoms with van der Waals surface area (Å²) in [4.78, 5) is 23.9. The summed E-state index contributed by atoms with van der Waals surface area (Å²) in [7, 11) is 0. The minimum atomic E-state index is -1.12. The van der Waals surface area contributed by atoms with Gasteiger partial charge in [-0.15, -0.1) is 0 Å². The molecular weight excluding hydrogens is 552 g/mol. The van der Waals surface area contributed by atoms with Crippen LogP contribution in [0.4, 0.5) is 0 Å². The molecule has 2 heterocycles. The molecule has 0 radical (unpaired) electrons. The summed E-state index contributed by atoms with van der Waals surface area (Å²) in [6.45, 7) is 3.83. The molecule has 228 valence electrons. The maximum atomic E-state index is 12.0. The van der Waals surface area contributed by atoms with Crippen LogP contribution in [0.25, 0.3) is 0 Å². The lowest BCUT2D eigenvalue weighted by molar-refractivity contribution is -0.333. The second-order valence-corrected chi connectivity index (χ2v) is 10.7. The normalized spacial score (nSPS) is 26.7. The lowest BCUT2D eigenvalue weighted by atomic mass is 9.89. The summed E-state index contributed by atoms with van der Waals surface area (Å²) in [5.41, 5.74) is 3.01. The molecule has 5 rings (SSSR count). The second-order valence-electron chi connectivity index (χ2n) is 10.7. The summed E-state index contributed by atoms with van der Waals surface area (Å²) in [6.07, 6.45) is -4.67. The number of esters is 2. The maximum absolute atomic E-state index is 12.0. The van der Waals surface area contributed by atoms with Crippen molar-refractivity contribution < 1.29 is 42.7 Å². The fourth-order valence-corrected chi connectivity index (χ4v) is 5.44. The van der Waals surface area contributed by atoms with Gasteiger partial charge in [-0.1, -0.05) is 91.0 Å². The molecule has 3 aromatic carbocycles. The molecule has 3 aromatic rings. The van der Waals surface area contributed by atoms with Crippen LogP contribution in [0.3, 0.4) is 0 Å². The quantitative estimate of drug-likeness (QED) is 0.277. The Morgan fingerprint density at radius 2 is 1.19 bits per heavy atom. The van der Waals surface area contributed by atoms with Crippen molar-refractivity contribution in [3.05, 3.63) is 108 Å². The first-order chi connectivity index (χ1) is 21.0. The number of ether oxygens (including phenoxy) is 7. The van der Waals surface area contributed by atoms with Crippen LogP contribution in [0.2, 0.25) is 0 Å². The summed E-state index contributed by atoms with van der Waals surface area (Å²) in [5, 5.41) is 0. The van der Waals surface area contributed by atoms with Crippen molar-refractivity contribution in [3.8, 4) is 0 Å². The number of rotatable bonds is 12. The van der Waals surface area contributed by atoms with E-state index in [1.165, 1.54) is 13.8 Å². The van der Waals surface area contributed by atoms with Gasteiger partial charge in [-0.05, 0) is 16.7 Å². The zero-order chi connectivity index (χ0) is 30.0. The van der Waals surface area contributed by atoms with E-state index in [1.54, 1.807) is 0 Å². The topological polar surface area (TPSA) is 98.8 Å². The van der Waals surface area contributed by atoms with Gasteiger partial charge in [-0.3, -0.25) is 9.59 Å². The van der Waals surface area contributed by atoms with E-state index >= 15 is 0 Å². The largest absolute Gasteiger partial charge is 0.456 e. The van der Waals surface area contributed by atoms with E-state index in [2.05, 4.69) is 0 Å². The van der Waals surface area contributed by atoms with Crippen LogP contribution < -0.4 is 0 Å². The molecule has 9 heteroatoms. The van der Waals surface area contributed by atoms with Crippen molar-refractivity contribution in [2.24, 2.45) is 0 Å². The molecule has 1 unspecified atom stereocenters. The number of benzene rings is 3. The van der Waals surface area contributed by atoms with E-state index in [-0.39, 0.29) is 13.0 Å². The van der Waals surface area contributed by atoms with E-state index < -0.39 is 54.9 Å². The van der Waals surface area contributed by atoms with E-state index in [1.807, 2.05) is 91.0 Å². The van der Waals surface area contributed by atoms with Gasteiger partial charge in [0.05, 0.1) is 32.5 Å². The average molecular weight is 591 g/mol. The predicted molar refractivity (Wildman–Crippen MR) is 155 cm³/mol. The Bertz CT molecular complexity index is 1290. The van der Waals surface area contributed by atoms with E-state index in [4.69, 9.17) is 33.2 Å². The SMILES string of the molecule is CC(=O)OC1O[C@@H]2[C@@H](OCc3ccccc3)[C@H](OCc3ccccc3)[C@@H](COCc3ccccc3)O[C@H]2C[C@@H]1OC(C)=O. The smallest absolute Gasteiger partial charge is 0.305 e. The number of hydrogen-bond donors (Lipinski definition) is 0. The predicted octanol–water partition coefficient (Wildman–Crippen LogP) is 4.75. The molecule has 7 atom stereocenters. The first-order valence-corrected chi connectivity index (χ1v) is 14.5. The van der Waals surface area contributed by atoms with Crippen LogP contribution in [0.15, 0.2) is 91.0 Å². The third-order valence-electron chi connectivity index (χ3n) is 7.35. The molecule has 2 saturated heterocycles. The van der Waals surface area contributed by atoms with E-state index in [0.29, 0.717) is 19.8 Å². The minimum absolute atomic E-state index is 0.231. The molecule has 0 saturated carbocycles. The second kappa shape index (κ2) is 15.2. The third kappa shape index (κ3) is 8.72. The molecular formula is C34H38O9. The highest BCUT2D eigenvalue weighted by Crippen LogP contribution is 2.37. The monoisotopic (exact) mass is 590 g/mol. The van der Waals surface area contributed by atoms with Gasteiger partial charge in [0.1, 0.15) is 24.4 Å². The summed E-state index contributed by atoms with van der Waals surface area (Å²) >= 11 is 0. The number of fused-ring (bicyclic) bond motifs is 1. The van der Waals surface area contributed by atoms with Crippen LogP contribution in [0, 0.1) is 0 Å². The van der Waals surface area contributed by atoms with Crippen molar-refractivity contribution in [1.82, 2.24) is 0 Å². The standard InChI is InChI=1S/C34H38O9/c1-23(35)40-29-18-28-32(43-34(29)41-24(2)36)33(39-21-27-16-10-5-11-17-27)31(38-20-26-14-8-4-9-15-26)30(42-28)22-37-19-25-12-6-3-7-13-25/h3-17,28-34H,18-22H2,1-2H3/t28-,29-,30+,31+,32-,33-,34?/m0/s1. The molecule has 2 aliphatic rings. The van der Waals surface area contributed by atoms with Gasteiger partial charge in [0.15, 0.2) is 6.10 Å². The summed E-state index contributed by atoms with van der Waals surface area (Å²) in [6, 6.07) is 29.6. The lowest BCUT2D eigenvalue weighted by Crippen LogP contribution is -2.65. The zero-order valence-electron chi connectivity index (χ0n) is 24.4. The number of carbonyl (C=O) groups excluding carboxylic acids is 2. The molecule has 43 heavy (non-hydrogen) atoms. The molecule has 0 aliphatic carbocycles. The van der Waals surface area contributed by atoms with Gasteiger partial charge in [0.25, 0.3) is 0 Å². The van der Waals surface area contributed by atoms with Gasteiger partial charge in [-0.25, -0.2) is 0 Å². The van der Waals surface area contributed by atoms with E-state index in [9.17, 15) is 9.59 Å². The van der Waals surface area contributed by atoms with Gasteiger partial charge in [0.2, 0.25) is 6.29 Å². The summed E-state index contributed by atoms with van der Waals surface area (Å²) < 4.78 is 43.1. The Morgan fingerprint density at radius 1 is 0.674 bits per heavy atom. The molecule has 0 N–H and O–H groups in total. The number of hydrogen-bond acceptors (Lipinski definition) is 9. The molecule has 0 aromatic heterocycles. The molecule has 2 fully saturated rings. The molecule has 0 spiro atoms. The van der Waals surface area contributed by atoms with Crippen molar-refractivity contribution in [2.75, 3.05) is 6.61 Å². The molecule has 0 bridgehead atoms. The lowest BCUT2D eigenvalue weighted by Gasteiger charge is -2.50. The van der Waals surface area contributed by atoms with Gasteiger partial charge < -0.3 is 33.2 Å². The Kier molecular flexibility index (Phi) is 10.9. The molecule has 2 aliphatic heterocycles. The average Bonchev–Trinajstić information content (AvgIpc) is 3.00. The zero-order valence-corrected chi connectivity index (χ0v) is 24.4. The molecule has 0 amide bonds. The fourth-order valence-electron chi connectivity index (χ4n) is 5.44. The van der Waals surface area contributed by atoms with Crippen LogP contribution in [-0.4, -0.2) is 61.5 Å². The Morgan fingerprint density at radius 3 is 1.72 bits per heavy atom. The Hall–Kier alpha value is -3.60. The minimum Gasteiger partial charge on any atom is -0.456 e. The van der Waals surface area contributed by atoms with Crippen LogP contribution in [0.5, 0.6) is 0 Å². The van der Waals surface area contributed by atoms with Gasteiger partial charge >= 0.3 is 11.9 Å². The highest BCUT2D eigenvalue weighted by molar-refractivity contribution is 5.67. The maximum Gasteiger partial charge on any atom is 0.305 e. The van der Waals surface area contributed by atoms with Gasteiger partial charge in [-0.2, -0.15) is 0 Å². The van der Waals surface area contributed by atoms with Crippen molar-refractivity contribution >= 4 is 11.9 Å².